The summed E-state index contributed by atoms with van der Waals surface area (Å²) in [5.74, 6) is -1.18. The first-order valence-corrected chi connectivity index (χ1v) is 8.24. The van der Waals surface area contributed by atoms with Gasteiger partial charge in [0, 0.05) is 20.4 Å². The molecule has 0 aliphatic rings. The Morgan fingerprint density at radius 3 is 2.52 bits per heavy atom. The number of rotatable bonds is 3. The summed E-state index contributed by atoms with van der Waals surface area (Å²) in [5, 5.41) is 4.98. The van der Waals surface area contributed by atoms with E-state index in [0.29, 0.717) is 21.6 Å². The van der Waals surface area contributed by atoms with E-state index in [1.165, 1.54) is 6.07 Å². The van der Waals surface area contributed by atoms with Crippen molar-refractivity contribution in [3.8, 4) is 0 Å². The summed E-state index contributed by atoms with van der Waals surface area (Å²) >= 11 is 9.22. The predicted molar refractivity (Wildman–Crippen MR) is 96.9 cm³/mol. The Labute approximate surface area is 155 Å². The average molecular weight is 421 g/mol. The van der Waals surface area contributed by atoms with Gasteiger partial charge in [-0.3, -0.25) is 9.59 Å². The van der Waals surface area contributed by atoms with Crippen LogP contribution in [0.1, 0.15) is 20.7 Å². The lowest BCUT2D eigenvalue weighted by atomic mass is 10.2. The molecule has 0 bridgehead atoms. The maximum absolute atomic E-state index is 12.1. The van der Waals surface area contributed by atoms with Crippen molar-refractivity contribution < 1.29 is 14.0 Å². The second-order valence-corrected chi connectivity index (χ2v) is 6.42. The lowest BCUT2D eigenvalue weighted by molar-refractivity contribution is 0.0946. The standard InChI is InChI=1S/C17H11BrClN3O3/c18-11-3-1-9(2-4-11)16(24)21-22-17-13(15(20)23)8-10-7-12(19)5-6-14(10)25-17/h1-8H,(H2,20,23)(H,21,24)/b22-17-. The van der Waals surface area contributed by atoms with Crippen molar-refractivity contribution >= 4 is 50.3 Å². The Hall–Kier alpha value is -2.64. The van der Waals surface area contributed by atoms with Gasteiger partial charge in [0.25, 0.3) is 11.8 Å². The minimum atomic E-state index is -0.734. The van der Waals surface area contributed by atoms with Crippen LogP contribution in [0.15, 0.2) is 62.5 Å². The molecule has 0 fully saturated rings. The number of nitrogens with one attached hydrogen (secondary N) is 1. The molecule has 3 rings (SSSR count). The molecule has 25 heavy (non-hydrogen) atoms. The van der Waals surface area contributed by atoms with Gasteiger partial charge in [0.2, 0.25) is 5.55 Å². The number of benzene rings is 2. The van der Waals surface area contributed by atoms with Gasteiger partial charge in [0.1, 0.15) is 11.1 Å². The zero-order chi connectivity index (χ0) is 18.0. The van der Waals surface area contributed by atoms with Gasteiger partial charge in [-0.1, -0.05) is 27.5 Å². The van der Waals surface area contributed by atoms with E-state index in [9.17, 15) is 9.59 Å². The molecule has 0 radical (unpaired) electrons. The minimum Gasteiger partial charge on any atom is -0.436 e. The van der Waals surface area contributed by atoms with Crippen molar-refractivity contribution in [2.24, 2.45) is 10.8 Å². The summed E-state index contributed by atoms with van der Waals surface area (Å²) in [7, 11) is 0. The van der Waals surface area contributed by atoms with Crippen LogP contribution < -0.4 is 16.7 Å². The molecule has 0 aliphatic carbocycles. The fourth-order valence-electron chi connectivity index (χ4n) is 2.13. The van der Waals surface area contributed by atoms with Crippen LogP contribution in [-0.2, 0) is 0 Å². The molecule has 3 N–H and O–H groups in total. The molecule has 0 aliphatic heterocycles. The number of fused-ring (bicyclic) bond motifs is 1. The summed E-state index contributed by atoms with van der Waals surface area (Å²) in [4.78, 5) is 23.8. The van der Waals surface area contributed by atoms with Crippen LogP contribution in [0.25, 0.3) is 11.0 Å². The largest absolute Gasteiger partial charge is 0.436 e. The summed E-state index contributed by atoms with van der Waals surface area (Å²) in [6.45, 7) is 0. The average Bonchev–Trinajstić information content (AvgIpc) is 2.59. The third kappa shape index (κ3) is 3.89. The first-order valence-electron chi connectivity index (χ1n) is 7.07. The summed E-state index contributed by atoms with van der Waals surface area (Å²) in [6, 6.07) is 13.1. The molecule has 0 saturated carbocycles. The van der Waals surface area contributed by atoms with Crippen molar-refractivity contribution in [1.29, 1.82) is 0 Å². The van der Waals surface area contributed by atoms with Gasteiger partial charge in [-0.05, 0) is 48.5 Å². The van der Waals surface area contributed by atoms with Crippen molar-refractivity contribution in [2.75, 3.05) is 0 Å². The highest BCUT2D eigenvalue weighted by molar-refractivity contribution is 9.10. The number of primary amides is 1. The molecule has 0 atom stereocenters. The molecule has 8 heteroatoms. The highest BCUT2D eigenvalue weighted by Gasteiger charge is 2.11. The number of hydrogen-bond acceptors (Lipinski definition) is 4. The van der Waals surface area contributed by atoms with E-state index in [4.69, 9.17) is 21.8 Å². The number of hydrogen-bond donors (Lipinski definition) is 2. The van der Waals surface area contributed by atoms with E-state index < -0.39 is 11.8 Å². The number of carbonyl (C=O) groups excluding carboxylic acids is 2. The zero-order valence-electron chi connectivity index (χ0n) is 12.6. The van der Waals surface area contributed by atoms with Crippen molar-refractivity contribution in [3.63, 3.8) is 0 Å². The Bertz CT molecular complexity index is 1050. The van der Waals surface area contributed by atoms with Crippen LogP contribution in [0.2, 0.25) is 5.02 Å². The summed E-state index contributed by atoms with van der Waals surface area (Å²) < 4.78 is 6.41. The van der Waals surface area contributed by atoms with Crippen molar-refractivity contribution in [1.82, 2.24) is 5.43 Å². The molecular weight excluding hydrogens is 410 g/mol. The molecule has 2 amide bonds. The molecule has 6 nitrogen and oxygen atoms in total. The molecule has 3 aromatic rings. The monoisotopic (exact) mass is 419 g/mol. The van der Waals surface area contributed by atoms with Gasteiger partial charge in [0.05, 0.1) is 0 Å². The van der Waals surface area contributed by atoms with Gasteiger partial charge >= 0.3 is 0 Å². The lowest BCUT2D eigenvalue weighted by Crippen LogP contribution is -2.27. The maximum Gasteiger partial charge on any atom is 0.271 e. The van der Waals surface area contributed by atoms with Crippen LogP contribution in [0.3, 0.4) is 0 Å². The molecule has 0 spiro atoms. The number of amides is 2. The highest BCUT2D eigenvalue weighted by Crippen LogP contribution is 2.18. The topological polar surface area (TPSA) is 97.7 Å². The summed E-state index contributed by atoms with van der Waals surface area (Å²) in [6.07, 6.45) is 0. The van der Waals surface area contributed by atoms with Gasteiger partial charge in [-0.15, -0.1) is 5.10 Å². The number of carbonyl (C=O) groups is 2. The molecule has 1 heterocycles. The quantitative estimate of drug-likeness (QED) is 0.637. The number of nitrogens with two attached hydrogens (primary N) is 1. The number of nitrogens with zero attached hydrogens (tertiary/aromatic N) is 1. The van der Waals surface area contributed by atoms with Crippen LogP contribution in [0, 0.1) is 0 Å². The number of halogens is 2. The van der Waals surface area contributed by atoms with Crippen LogP contribution >= 0.6 is 27.5 Å². The molecule has 126 valence electrons. The van der Waals surface area contributed by atoms with Gasteiger partial charge < -0.3 is 10.2 Å². The molecule has 1 aromatic heterocycles. The van der Waals surface area contributed by atoms with E-state index in [1.807, 2.05) is 0 Å². The molecular formula is C17H11BrClN3O3. The lowest BCUT2D eigenvalue weighted by Gasteiger charge is -2.03. The van der Waals surface area contributed by atoms with E-state index in [0.717, 1.165) is 4.47 Å². The van der Waals surface area contributed by atoms with Gasteiger partial charge in [-0.2, -0.15) is 0 Å². The van der Waals surface area contributed by atoms with E-state index in [2.05, 4.69) is 26.5 Å². The fraction of sp³-hybridized carbons (Fsp3) is 0. The third-order valence-corrected chi connectivity index (χ3v) is 4.10. The molecule has 2 aromatic carbocycles. The molecule has 0 saturated heterocycles. The van der Waals surface area contributed by atoms with Crippen LogP contribution in [0.4, 0.5) is 0 Å². The summed E-state index contributed by atoms with van der Waals surface area (Å²) in [5.41, 5.74) is 8.51. The van der Waals surface area contributed by atoms with Gasteiger partial charge in [0.15, 0.2) is 0 Å². The molecule has 0 unspecified atom stereocenters. The van der Waals surface area contributed by atoms with Crippen molar-refractivity contribution in [2.45, 2.75) is 0 Å². The Morgan fingerprint density at radius 1 is 1.12 bits per heavy atom. The maximum atomic E-state index is 12.1. The van der Waals surface area contributed by atoms with Crippen LogP contribution in [-0.4, -0.2) is 11.8 Å². The third-order valence-electron chi connectivity index (χ3n) is 3.34. The predicted octanol–water partition coefficient (Wildman–Crippen LogP) is 3.19. The van der Waals surface area contributed by atoms with E-state index >= 15 is 0 Å². The fourth-order valence-corrected chi connectivity index (χ4v) is 2.57. The zero-order valence-corrected chi connectivity index (χ0v) is 15.0. The SMILES string of the molecule is NC(=O)c1cc2cc(Cl)ccc2o/c1=N\NC(=O)c1ccc(Br)cc1. The smallest absolute Gasteiger partial charge is 0.271 e. The minimum absolute atomic E-state index is 0.0332. The second-order valence-electron chi connectivity index (χ2n) is 5.07. The Kier molecular flexibility index (Phi) is 4.87. The first kappa shape index (κ1) is 17.2. The van der Waals surface area contributed by atoms with Crippen molar-refractivity contribution in [3.05, 3.63) is 74.7 Å². The van der Waals surface area contributed by atoms with E-state index in [1.54, 1.807) is 42.5 Å². The van der Waals surface area contributed by atoms with Crippen LogP contribution in [0.5, 0.6) is 0 Å². The first-order chi connectivity index (χ1) is 11.9. The second kappa shape index (κ2) is 7.08. The highest BCUT2D eigenvalue weighted by atomic mass is 79.9. The Morgan fingerprint density at radius 2 is 1.84 bits per heavy atom. The van der Waals surface area contributed by atoms with E-state index in [-0.39, 0.29) is 11.1 Å². The normalized spacial score (nSPS) is 11.5. The Balaban J connectivity index is 2.01. The van der Waals surface area contributed by atoms with Gasteiger partial charge in [-0.25, -0.2) is 5.43 Å².